The first-order valence-electron chi connectivity index (χ1n) is 8.34. The Morgan fingerprint density at radius 1 is 1.23 bits per heavy atom. The van der Waals surface area contributed by atoms with Crippen molar-refractivity contribution in [3.63, 3.8) is 0 Å². The first-order chi connectivity index (χ1) is 12.5. The summed E-state index contributed by atoms with van der Waals surface area (Å²) in [6.45, 7) is 0.292. The third-order valence-corrected chi connectivity index (χ3v) is 5.34. The summed E-state index contributed by atoms with van der Waals surface area (Å²) < 4.78 is 0. The molecule has 26 heavy (non-hydrogen) atoms. The van der Waals surface area contributed by atoms with E-state index in [0.29, 0.717) is 29.5 Å². The molecule has 3 rings (SSSR count). The molecule has 1 aliphatic rings. The Bertz CT molecular complexity index is 821. The summed E-state index contributed by atoms with van der Waals surface area (Å²) in [7, 11) is 0. The Kier molecular flexibility index (Phi) is 6.00. The lowest BCUT2D eigenvalue weighted by Crippen LogP contribution is -2.30. The molecule has 2 aromatic rings. The van der Waals surface area contributed by atoms with Crippen molar-refractivity contribution in [2.45, 2.75) is 32.1 Å². The normalized spacial score (nSPS) is 14.1. The molecule has 8 heteroatoms. The summed E-state index contributed by atoms with van der Waals surface area (Å²) in [4.78, 5) is 41.5. The summed E-state index contributed by atoms with van der Waals surface area (Å²) in [6, 6.07) is 7.62. The fraction of sp³-hybridized carbons (Fsp3) is 0.333. The maximum Gasteiger partial charge on any atom is 0.229 e. The Morgan fingerprint density at radius 3 is 2.69 bits per heavy atom. The highest BCUT2D eigenvalue weighted by Crippen LogP contribution is 2.24. The average Bonchev–Trinajstić information content (AvgIpc) is 3.17. The van der Waals surface area contributed by atoms with Crippen LogP contribution in [0.3, 0.4) is 0 Å². The third-order valence-electron chi connectivity index (χ3n) is 4.06. The van der Waals surface area contributed by atoms with Crippen LogP contribution in [0.4, 0.5) is 5.13 Å². The zero-order chi connectivity index (χ0) is 18.5. The van der Waals surface area contributed by atoms with Gasteiger partial charge in [-0.15, -0.1) is 11.3 Å². The summed E-state index contributed by atoms with van der Waals surface area (Å²) in [6.07, 6.45) is 3.62. The molecule has 0 atom stereocenters. The summed E-state index contributed by atoms with van der Waals surface area (Å²) in [5.74, 6) is -0.484. The monoisotopic (exact) mass is 391 g/mol. The molecule has 136 valence electrons. The van der Waals surface area contributed by atoms with Crippen LogP contribution in [0.1, 0.15) is 36.1 Å². The van der Waals surface area contributed by atoms with E-state index in [9.17, 15) is 14.4 Å². The van der Waals surface area contributed by atoms with Gasteiger partial charge in [0.15, 0.2) is 5.13 Å². The quantitative estimate of drug-likeness (QED) is 0.735. The van der Waals surface area contributed by atoms with E-state index < -0.39 is 0 Å². The highest BCUT2D eigenvalue weighted by molar-refractivity contribution is 7.15. The Morgan fingerprint density at radius 2 is 1.96 bits per heavy atom. The van der Waals surface area contributed by atoms with Crippen LogP contribution in [-0.4, -0.2) is 34.2 Å². The molecule has 1 fully saturated rings. The van der Waals surface area contributed by atoms with Gasteiger partial charge in [0.05, 0.1) is 0 Å². The number of hydrogen-bond acceptors (Lipinski definition) is 5. The Balaban J connectivity index is 1.46. The van der Waals surface area contributed by atoms with Crippen LogP contribution < -0.4 is 5.32 Å². The smallest absolute Gasteiger partial charge is 0.229 e. The van der Waals surface area contributed by atoms with Gasteiger partial charge in [-0.05, 0) is 18.1 Å². The molecule has 6 nitrogen and oxygen atoms in total. The van der Waals surface area contributed by atoms with E-state index in [0.717, 1.165) is 10.4 Å². The summed E-state index contributed by atoms with van der Waals surface area (Å²) in [5.41, 5.74) is 1.01. The van der Waals surface area contributed by atoms with Crippen LogP contribution in [-0.2, 0) is 20.8 Å². The van der Waals surface area contributed by atoms with Gasteiger partial charge in [0, 0.05) is 48.3 Å². The molecule has 0 bridgehead atoms. The van der Waals surface area contributed by atoms with Crippen LogP contribution in [0.25, 0.3) is 0 Å². The number of aromatic nitrogens is 1. The molecule has 1 aromatic heterocycles. The number of nitrogens with zero attached hydrogens (tertiary/aromatic N) is 2. The number of imide groups is 1. The molecule has 0 radical (unpaired) electrons. The molecule has 0 aliphatic carbocycles. The minimum absolute atomic E-state index is 0.153. The number of carbonyl (C=O) groups is 3. The number of carbonyl (C=O) groups excluding carboxylic acids is 3. The lowest BCUT2D eigenvalue weighted by atomic mass is 10.1. The van der Waals surface area contributed by atoms with E-state index in [1.807, 2.05) is 24.3 Å². The predicted molar refractivity (Wildman–Crippen MR) is 100 cm³/mol. The van der Waals surface area contributed by atoms with Crippen LogP contribution in [0.2, 0.25) is 5.02 Å². The van der Waals surface area contributed by atoms with Gasteiger partial charge in [-0.3, -0.25) is 19.3 Å². The van der Waals surface area contributed by atoms with Crippen LogP contribution in [0.5, 0.6) is 0 Å². The maximum absolute atomic E-state index is 12.0. The number of amides is 3. The first kappa shape index (κ1) is 18.5. The molecular weight excluding hydrogens is 374 g/mol. The van der Waals surface area contributed by atoms with Crippen molar-refractivity contribution in [1.29, 1.82) is 0 Å². The minimum atomic E-state index is -0.178. The topological polar surface area (TPSA) is 79.4 Å². The SMILES string of the molecule is O=C(CCCN1C(=O)CCC1=O)Nc1ncc(Cc2ccccc2Cl)s1. The van der Waals surface area contributed by atoms with Gasteiger partial charge in [0.1, 0.15) is 0 Å². The molecule has 0 spiro atoms. The molecule has 1 N–H and O–H groups in total. The molecule has 0 saturated carbocycles. The van der Waals surface area contributed by atoms with Gasteiger partial charge < -0.3 is 5.32 Å². The lowest BCUT2D eigenvalue weighted by molar-refractivity contribution is -0.138. The summed E-state index contributed by atoms with van der Waals surface area (Å²) in [5, 5.41) is 4.00. The zero-order valence-electron chi connectivity index (χ0n) is 14.0. The standard InChI is InChI=1S/C18H18ClN3O3S/c19-14-5-2-1-4-12(14)10-13-11-20-18(26-13)21-15(23)6-3-9-22-16(24)7-8-17(22)25/h1-2,4-5,11H,3,6-10H2,(H,20,21,23). The number of anilines is 1. The molecule has 0 unspecified atom stereocenters. The van der Waals surface area contributed by atoms with Crippen molar-refractivity contribution < 1.29 is 14.4 Å². The zero-order valence-corrected chi connectivity index (χ0v) is 15.6. The molecular formula is C18H18ClN3O3S. The fourth-order valence-electron chi connectivity index (χ4n) is 2.73. The van der Waals surface area contributed by atoms with Gasteiger partial charge in [-0.2, -0.15) is 0 Å². The number of halogens is 1. The largest absolute Gasteiger partial charge is 0.302 e. The second kappa shape index (κ2) is 8.42. The molecule has 2 heterocycles. The van der Waals surface area contributed by atoms with Crippen LogP contribution >= 0.6 is 22.9 Å². The Labute approximate surface area is 160 Å². The minimum Gasteiger partial charge on any atom is -0.302 e. The molecule has 1 aliphatic heterocycles. The van der Waals surface area contributed by atoms with E-state index in [2.05, 4.69) is 10.3 Å². The second-order valence-electron chi connectivity index (χ2n) is 5.99. The Hall–Kier alpha value is -2.25. The van der Waals surface area contributed by atoms with Crippen molar-refractivity contribution in [2.75, 3.05) is 11.9 Å². The van der Waals surface area contributed by atoms with E-state index in [1.54, 1.807) is 6.20 Å². The number of hydrogen-bond donors (Lipinski definition) is 1. The predicted octanol–water partition coefficient (Wildman–Crippen LogP) is 3.26. The maximum atomic E-state index is 12.0. The van der Waals surface area contributed by atoms with Crippen LogP contribution in [0, 0.1) is 0 Å². The third kappa shape index (κ3) is 4.68. The van der Waals surface area contributed by atoms with Gasteiger partial charge >= 0.3 is 0 Å². The number of thiazole rings is 1. The fourth-order valence-corrected chi connectivity index (χ4v) is 3.78. The van der Waals surface area contributed by atoms with Crippen molar-refractivity contribution in [1.82, 2.24) is 9.88 Å². The summed E-state index contributed by atoms with van der Waals surface area (Å²) >= 11 is 7.56. The highest BCUT2D eigenvalue weighted by atomic mass is 35.5. The molecule has 3 amide bonds. The molecule has 1 saturated heterocycles. The second-order valence-corrected chi connectivity index (χ2v) is 7.51. The van der Waals surface area contributed by atoms with Crippen molar-refractivity contribution in [3.05, 3.63) is 45.9 Å². The van der Waals surface area contributed by atoms with Crippen LogP contribution in [0.15, 0.2) is 30.5 Å². The number of likely N-dealkylation sites (tertiary alicyclic amines) is 1. The van der Waals surface area contributed by atoms with E-state index in [4.69, 9.17) is 11.6 Å². The van der Waals surface area contributed by atoms with Gasteiger partial charge in [-0.25, -0.2) is 4.98 Å². The van der Waals surface area contributed by atoms with Crippen molar-refractivity contribution >= 4 is 45.8 Å². The number of nitrogens with one attached hydrogen (secondary N) is 1. The highest BCUT2D eigenvalue weighted by Gasteiger charge is 2.28. The van der Waals surface area contributed by atoms with E-state index in [1.165, 1.54) is 16.2 Å². The number of benzene rings is 1. The average molecular weight is 392 g/mol. The van der Waals surface area contributed by atoms with E-state index in [-0.39, 0.29) is 37.0 Å². The van der Waals surface area contributed by atoms with Gasteiger partial charge in [0.25, 0.3) is 0 Å². The van der Waals surface area contributed by atoms with Gasteiger partial charge in [0.2, 0.25) is 17.7 Å². The lowest BCUT2D eigenvalue weighted by Gasteiger charge is -2.12. The van der Waals surface area contributed by atoms with Crippen molar-refractivity contribution in [3.8, 4) is 0 Å². The van der Waals surface area contributed by atoms with E-state index >= 15 is 0 Å². The first-order valence-corrected chi connectivity index (χ1v) is 9.53. The van der Waals surface area contributed by atoms with Crippen molar-refractivity contribution in [2.24, 2.45) is 0 Å². The number of rotatable bonds is 7. The van der Waals surface area contributed by atoms with Gasteiger partial charge in [-0.1, -0.05) is 29.8 Å². The molecule has 1 aromatic carbocycles.